The van der Waals surface area contributed by atoms with Gasteiger partial charge in [0.1, 0.15) is 6.04 Å². The molecule has 4 amide bonds. The Morgan fingerprint density at radius 1 is 0.814 bits per heavy atom. The topological polar surface area (TPSA) is 120 Å². The zero-order chi connectivity index (χ0) is 30.8. The molecule has 4 atom stereocenters. The molecule has 232 valence electrons. The highest BCUT2D eigenvalue weighted by atomic mass is 16.2. The average molecular weight is 590 g/mol. The van der Waals surface area contributed by atoms with Crippen molar-refractivity contribution in [3.63, 3.8) is 0 Å². The number of rotatable bonds is 12. The molecule has 43 heavy (non-hydrogen) atoms. The molecule has 1 saturated heterocycles. The van der Waals surface area contributed by atoms with Gasteiger partial charge in [0.15, 0.2) is 5.78 Å². The zero-order valence-electron chi connectivity index (χ0n) is 25.7. The molecule has 2 aliphatic rings. The van der Waals surface area contributed by atoms with E-state index in [0.717, 1.165) is 43.2 Å². The van der Waals surface area contributed by atoms with E-state index in [2.05, 4.69) is 21.3 Å². The molecule has 2 unspecified atom stereocenters. The number of likely N-dealkylation sites (tertiary alicyclic amines) is 1. The molecule has 1 saturated carbocycles. The Morgan fingerprint density at radius 3 is 1.98 bits per heavy atom. The van der Waals surface area contributed by atoms with Crippen LogP contribution in [0.5, 0.6) is 0 Å². The van der Waals surface area contributed by atoms with Crippen LogP contribution in [0.15, 0.2) is 60.7 Å². The highest BCUT2D eigenvalue weighted by Gasteiger charge is 2.43. The fourth-order valence-corrected chi connectivity index (χ4v) is 6.51. The first kappa shape index (κ1) is 32.2. The number of nitrogens with zero attached hydrogens (tertiary/aromatic N) is 1. The third kappa shape index (κ3) is 8.02. The molecule has 9 heteroatoms. The Morgan fingerprint density at radius 2 is 1.42 bits per heavy atom. The third-order valence-corrected chi connectivity index (χ3v) is 8.96. The van der Waals surface area contributed by atoms with Crippen molar-refractivity contribution in [1.29, 1.82) is 0 Å². The fourth-order valence-electron chi connectivity index (χ4n) is 6.51. The van der Waals surface area contributed by atoms with Gasteiger partial charge in [-0.15, -0.1) is 0 Å². The summed E-state index contributed by atoms with van der Waals surface area (Å²) in [5.41, 5.74) is 1.80. The van der Waals surface area contributed by atoms with Crippen LogP contribution >= 0.6 is 0 Å². The number of carbonyl (C=O) groups is 4. The van der Waals surface area contributed by atoms with E-state index in [4.69, 9.17) is 0 Å². The van der Waals surface area contributed by atoms with Crippen molar-refractivity contribution < 1.29 is 19.2 Å². The summed E-state index contributed by atoms with van der Waals surface area (Å²) in [6.45, 7) is 4.44. The SMILES string of the molecule is CCNC(=O)C(NC(=O)N1CCC[C@H]1C(=O)C(NC(=O)[C@H](C)NC)C1CCCCC1)C(c1ccccc1)c1ccccc1. The largest absolute Gasteiger partial charge is 0.355 e. The minimum atomic E-state index is -0.904. The fraction of sp³-hybridized carbons (Fsp3) is 0.529. The van der Waals surface area contributed by atoms with Gasteiger partial charge in [0.25, 0.3) is 0 Å². The van der Waals surface area contributed by atoms with Crippen molar-refractivity contribution in [1.82, 2.24) is 26.2 Å². The number of nitrogens with one attached hydrogen (secondary N) is 4. The number of hydrogen-bond acceptors (Lipinski definition) is 5. The van der Waals surface area contributed by atoms with E-state index in [9.17, 15) is 19.2 Å². The average Bonchev–Trinajstić information content (AvgIpc) is 3.54. The van der Waals surface area contributed by atoms with Crippen LogP contribution in [-0.4, -0.2) is 72.8 Å². The minimum Gasteiger partial charge on any atom is -0.355 e. The standard InChI is InChI=1S/C34H47N5O4/c1-4-36-33(42)30(28(24-15-8-5-9-16-24)25-17-10-6-11-18-25)38-34(43)39-22-14-21-27(39)31(40)29(26-19-12-7-13-20-26)37-32(41)23(2)35-3/h5-6,8-11,15-18,23,26-30,35H,4,7,12-14,19-22H2,1-3H3,(H,36,42)(H,37,41)(H,38,43)/t23-,27-,29?,30?/m0/s1. The highest BCUT2D eigenvalue weighted by molar-refractivity contribution is 5.97. The second-order valence-electron chi connectivity index (χ2n) is 11.8. The summed E-state index contributed by atoms with van der Waals surface area (Å²) in [5, 5.41) is 11.9. The molecule has 1 aliphatic carbocycles. The quantitative estimate of drug-likeness (QED) is 0.301. The number of benzene rings is 2. The van der Waals surface area contributed by atoms with Gasteiger partial charge >= 0.3 is 6.03 Å². The molecule has 4 N–H and O–H groups in total. The van der Waals surface area contributed by atoms with Crippen LogP contribution in [0.4, 0.5) is 4.79 Å². The highest BCUT2D eigenvalue weighted by Crippen LogP contribution is 2.31. The summed E-state index contributed by atoms with van der Waals surface area (Å²) in [5.74, 6) is -1.02. The number of amides is 4. The summed E-state index contributed by atoms with van der Waals surface area (Å²) in [6.07, 6.45) is 6.12. The molecule has 1 aliphatic heterocycles. The first-order valence-electron chi connectivity index (χ1n) is 15.8. The van der Waals surface area contributed by atoms with Gasteiger partial charge in [0.05, 0.1) is 18.1 Å². The van der Waals surface area contributed by atoms with Crippen LogP contribution in [-0.2, 0) is 14.4 Å². The molecule has 4 rings (SSSR count). The van der Waals surface area contributed by atoms with E-state index in [0.29, 0.717) is 25.9 Å². The van der Waals surface area contributed by atoms with E-state index in [1.807, 2.05) is 67.6 Å². The summed E-state index contributed by atoms with van der Waals surface area (Å²) in [6, 6.07) is 16.3. The lowest BCUT2D eigenvalue weighted by Gasteiger charge is -2.35. The predicted octanol–water partition coefficient (Wildman–Crippen LogP) is 3.74. The maximum atomic E-state index is 14.2. The normalized spacial score (nSPS) is 19.3. The van der Waals surface area contributed by atoms with Crippen LogP contribution in [0.2, 0.25) is 0 Å². The van der Waals surface area contributed by atoms with Gasteiger partial charge in [-0.2, -0.15) is 0 Å². The van der Waals surface area contributed by atoms with E-state index in [-0.39, 0.29) is 23.5 Å². The molecule has 1 heterocycles. The molecule has 0 bridgehead atoms. The van der Waals surface area contributed by atoms with E-state index in [1.54, 1.807) is 18.9 Å². The van der Waals surface area contributed by atoms with Crippen molar-refractivity contribution in [2.45, 2.75) is 88.9 Å². The van der Waals surface area contributed by atoms with Crippen molar-refractivity contribution in [2.24, 2.45) is 5.92 Å². The first-order chi connectivity index (χ1) is 20.8. The summed E-state index contributed by atoms with van der Waals surface area (Å²) >= 11 is 0. The lowest BCUT2D eigenvalue weighted by atomic mass is 9.80. The summed E-state index contributed by atoms with van der Waals surface area (Å²) < 4.78 is 0. The first-order valence-corrected chi connectivity index (χ1v) is 15.8. The molecule has 0 radical (unpaired) electrons. The van der Waals surface area contributed by atoms with E-state index < -0.39 is 36.1 Å². The van der Waals surface area contributed by atoms with Gasteiger partial charge in [-0.05, 0) is 63.6 Å². The smallest absolute Gasteiger partial charge is 0.318 e. The lowest BCUT2D eigenvalue weighted by Crippen LogP contribution is -2.59. The minimum absolute atomic E-state index is 0.0448. The van der Waals surface area contributed by atoms with Crippen LogP contribution in [0, 0.1) is 5.92 Å². The van der Waals surface area contributed by atoms with Crippen molar-refractivity contribution in [2.75, 3.05) is 20.1 Å². The maximum absolute atomic E-state index is 14.2. The zero-order valence-corrected chi connectivity index (χ0v) is 25.7. The third-order valence-electron chi connectivity index (χ3n) is 8.96. The Bertz CT molecular complexity index is 1180. The molecular weight excluding hydrogens is 542 g/mol. The van der Waals surface area contributed by atoms with Crippen molar-refractivity contribution in [3.05, 3.63) is 71.8 Å². The number of urea groups is 1. The molecule has 0 spiro atoms. The van der Waals surface area contributed by atoms with Crippen LogP contribution < -0.4 is 21.3 Å². The maximum Gasteiger partial charge on any atom is 0.318 e. The Hall–Kier alpha value is -3.72. The summed E-state index contributed by atoms with van der Waals surface area (Å²) in [4.78, 5) is 56.2. The Kier molecular flexibility index (Phi) is 11.7. The van der Waals surface area contributed by atoms with Gasteiger partial charge in [-0.1, -0.05) is 79.9 Å². The molecule has 2 fully saturated rings. The van der Waals surface area contributed by atoms with Crippen molar-refractivity contribution >= 4 is 23.6 Å². The molecule has 0 aromatic heterocycles. The van der Waals surface area contributed by atoms with Gasteiger partial charge in [-0.25, -0.2) is 4.79 Å². The van der Waals surface area contributed by atoms with Crippen LogP contribution in [0.25, 0.3) is 0 Å². The van der Waals surface area contributed by atoms with E-state index in [1.165, 1.54) is 0 Å². The number of ketones is 1. The number of likely N-dealkylation sites (N-methyl/N-ethyl adjacent to an activating group) is 2. The molecule has 2 aromatic carbocycles. The number of carbonyl (C=O) groups excluding carboxylic acids is 4. The second-order valence-corrected chi connectivity index (χ2v) is 11.8. The second kappa shape index (κ2) is 15.7. The van der Waals surface area contributed by atoms with Crippen molar-refractivity contribution in [3.8, 4) is 0 Å². The predicted molar refractivity (Wildman–Crippen MR) is 167 cm³/mol. The van der Waals surface area contributed by atoms with Crippen LogP contribution in [0.3, 0.4) is 0 Å². The molecule has 2 aromatic rings. The van der Waals surface area contributed by atoms with Crippen LogP contribution in [0.1, 0.15) is 75.8 Å². The number of hydrogen-bond donors (Lipinski definition) is 4. The monoisotopic (exact) mass is 589 g/mol. The Balaban J connectivity index is 1.61. The summed E-state index contributed by atoms with van der Waals surface area (Å²) in [7, 11) is 1.72. The van der Waals surface area contributed by atoms with E-state index >= 15 is 0 Å². The Labute approximate surface area is 255 Å². The van der Waals surface area contributed by atoms with Gasteiger partial charge in [0.2, 0.25) is 11.8 Å². The van der Waals surface area contributed by atoms with Gasteiger partial charge in [0, 0.05) is 19.0 Å². The lowest BCUT2D eigenvalue weighted by molar-refractivity contribution is -0.132. The van der Waals surface area contributed by atoms with Gasteiger partial charge in [-0.3, -0.25) is 14.4 Å². The molecule has 9 nitrogen and oxygen atoms in total. The number of Topliss-reactive ketones (excluding diaryl/α,β-unsaturated/α-hetero) is 1. The molecular formula is C34H47N5O4. The van der Waals surface area contributed by atoms with Gasteiger partial charge < -0.3 is 26.2 Å².